The molecule has 1 aliphatic rings. The molecule has 1 saturated heterocycles. The summed E-state index contributed by atoms with van der Waals surface area (Å²) in [5.41, 5.74) is 2.49. The number of para-hydroxylation sites is 2. The second-order valence-corrected chi connectivity index (χ2v) is 5.92. The van der Waals surface area contributed by atoms with Crippen molar-refractivity contribution in [2.75, 3.05) is 16.8 Å². The maximum absolute atomic E-state index is 12.7. The van der Waals surface area contributed by atoms with Gasteiger partial charge < -0.3 is 10.2 Å². The third kappa shape index (κ3) is 3.04. The van der Waals surface area contributed by atoms with Crippen LogP contribution in [0, 0.1) is 0 Å². The fourth-order valence-electron chi connectivity index (χ4n) is 2.98. The zero-order chi connectivity index (χ0) is 17.9. The third-order valence-corrected chi connectivity index (χ3v) is 4.24. The molecule has 2 heterocycles. The Morgan fingerprint density at radius 1 is 1.12 bits per heavy atom. The molecule has 0 spiro atoms. The van der Waals surface area contributed by atoms with Crippen LogP contribution in [0.5, 0.6) is 0 Å². The van der Waals surface area contributed by atoms with Crippen LogP contribution in [0.25, 0.3) is 5.69 Å². The fourth-order valence-corrected chi connectivity index (χ4v) is 2.98. The van der Waals surface area contributed by atoms with Gasteiger partial charge in [0.2, 0.25) is 5.91 Å². The van der Waals surface area contributed by atoms with Gasteiger partial charge in [0.25, 0.3) is 5.91 Å². The molecule has 1 aromatic heterocycles. The van der Waals surface area contributed by atoms with Gasteiger partial charge in [0.1, 0.15) is 6.33 Å². The van der Waals surface area contributed by atoms with Gasteiger partial charge in [0.15, 0.2) is 0 Å². The topological polar surface area (TPSA) is 93.0 Å². The molecule has 130 valence electrons. The van der Waals surface area contributed by atoms with E-state index in [9.17, 15) is 9.59 Å². The monoisotopic (exact) mass is 348 g/mol. The van der Waals surface area contributed by atoms with Gasteiger partial charge in [-0.05, 0) is 47.2 Å². The van der Waals surface area contributed by atoms with E-state index in [4.69, 9.17) is 0 Å². The van der Waals surface area contributed by atoms with Crippen LogP contribution < -0.4 is 10.2 Å². The molecule has 8 nitrogen and oxygen atoms in total. The molecule has 2 aromatic carbocycles. The minimum Gasteiger partial charge on any atom is -0.320 e. The van der Waals surface area contributed by atoms with E-state index in [1.807, 2.05) is 24.3 Å². The van der Waals surface area contributed by atoms with Crippen molar-refractivity contribution in [2.45, 2.75) is 12.8 Å². The van der Waals surface area contributed by atoms with Gasteiger partial charge in [-0.2, -0.15) is 0 Å². The van der Waals surface area contributed by atoms with E-state index in [0.717, 1.165) is 12.1 Å². The Kier molecular flexibility index (Phi) is 4.14. The number of carbonyl (C=O) groups is 2. The van der Waals surface area contributed by atoms with Crippen LogP contribution in [0.4, 0.5) is 11.4 Å². The number of amides is 2. The molecule has 0 unspecified atom stereocenters. The summed E-state index contributed by atoms with van der Waals surface area (Å²) in [6.07, 6.45) is 2.83. The first-order valence-corrected chi connectivity index (χ1v) is 8.26. The van der Waals surface area contributed by atoms with E-state index >= 15 is 0 Å². The van der Waals surface area contributed by atoms with Crippen molar-refractivity contribution in [1.29, 1.82) is 0 Å². The summed E-state index contributed by atoms with van der Waals surface area (Å²) in [7, 11) is 0. The summed E-state index contributed by atoms with van der Waals surface area (Å²) >= 11 is 0. The van der Waals surface area contributed by atoms with Crippen LogP contribution in [-0.2, 0) is 4.79 Å². The highest BCUT2D eigenvalue weighted by Crippen LogP contribution is 2.29. The van der Waals surface area contributed by atoms with Gasteiger partial charge >= 0.3 is 0 Å². The van der Waals surface area contributed by atoms with Gasteiger partial charge in [-0.3, -0.25) is 9.59 Å². The van der Waals surface area contributed by atoms with Crippen LogP contribution in [0.3, 0.4) is 0 Å². The van der Waals surface area contributed by atoms with Crippen molar-refractivity contribution in [1.82, 2.24) is 20.2 Å². The highest BCUT2D eigenvalue weighted by Gasteiger charge is 2.24. The fraction of sp³-hybridized carbons (Fsp3) is 0.167. The molecule has 1 N–H and O–H groups in total. The number of aromatic nitrogens is 4. The average Bonchev–Trinajstić information content (AvgIpc) is 3.34. The number of carbonyl (C=O) groups excluding carboxylic acids is 2. The van der Waals surface area contributed by atoms with Gasteiger partial charge in [0.05, 0.1) is 17.1 Å². The molecular weight excluding hydrogens is 332 g/mol. The predicted molar refractivity (Wildman–Crippen MR) is 95.1 cm³/mol. The quantitative estimate of drug-likeness (QED) is 0.779. The lowest BCUT2D eigenvalue weighted by atomic mass is 10.1. The van der Waals surface area contributed by atoms with Crippen LogP contribution >= 0.6 is 0 Å². The number of nitrogens with zero attached hydrogens (tertiary/aromatic N) is 5. The Labute approximate surface area is 149 Å². The molecule has 4 rings (SSSR count). The van der Waals surface area contributed by atoms with Crippen molar-refractivity contribution < 1.29 is 9.59 Å². The summed E-state index contributed by atoms with van der Waals surface area (Å²) in [4.78, 5) is 26.5. The summed E-state index contributed by atoms with van der Waals surface area (Å²) in [6, 6.07) is 14.3. The molecular formula is C18H16N6O2. The lowest BCUT2D eigenvalue weighted by Crippen LogP contribution is -2.25. The summed E-state index contributed by atoms with van der Waals surface area (Å²) in [5, 5.41) is 13.9. The van der Waals surface area contributed by atoms with Crippen LogP contribution in [-0.4, -0.2) is 38.6 Å². The molecule has 8 heteroatoms. The molecule has 0 aliphatic carbocycles. The molecule has 0 radical (unpaired) electrons. The third-order valence-electron chi connectivity index (χ3n) is 4.24. The Morgan fingerprint density at radius 2 is 2.00 bits per heavy atom. The lowest BCUT2D eigenvalue weighted by Gasteiger charge is -2.20. The molecule has 1 aliphatic heterocycles. The minimum atomic E-state index is -0.265. The maximum Gasteiger partial charge on any atom is 0.255 e. The van der Waals surface area contributed by atoms with Crippen LogP contribution in [0.1, 0.15) is 23.2 Å². The minimum absolute atomic E-state index is 0.0763. The molecule has 3 aromatic rings. The Hall–Kier alpha value is -3.55. The summed E-state index contributed by atoms with van der Waals surface area (Å²) < 4.78 is 1.48. The lowest BCUT2D eigenvalue weighted by molar-refractivity contribution is -0.117. The highest BCUT2D eigenvalue weighted by molar-refractivity contribution is 6.08. The second-order valence-electron chi connectivity index (χ2n) is 5.92. The van der Waals surface area contributed by atoms with E-state index in [0.29, 0.717) is 29.9 Å². The number of tetrazole rings is 1. The number of benzene rings is 2. The van der Waals surface area contributed by atoms with Gasteiger partial charge in [0, 0.05) is 18.5 Å². The summed E-state index contributed by atoms with van der Waals surface area (Å²) in [6.45, 7) is 0.667. The second kappa shape index (κ2) is 6.75. The van der Waals surface area contributed by atoms with Gasteiger partial charge in [-0.15, -0.1) is 5.10 Å². The van der Waals surface area contributed by atoms with E-state index in [2.05, 4.69) is 20.8 Å². The number of rotatable bonds is 4. The SMILES string of the molecule is O=C(Nc1ccccc1N1CCCC1=O)c1cccc(-n2cnnn2)c1. The molecule has 2 amide bonds. The van der Waals surface area contributed by atoms with Crippen LogP contribution in [0.15, 0.2) is 54.9 Å². The largest absolute Gasteiger partial charge is 0.320 e. The van der Waals surface area contributed by atoms with Crippen molar-refractivity contribution in [3.05, 3.63) is 60.4 Å². The standard InChI is InChI=1S/C18H16N6O2/c25-17-9-4-10-23(17)16-8-2-1-7-15(16)20-18(26)13-5-3-6-14(11-13)24-12-19-21-22-24/h1-3,5-8,11-12H,4,9-10H2,(H,20,26). The Morgan fingerprint density at radius 3 is 2.77 bits per heavy atom. The van der Waals surface area contributed by atoms with E-state index in [1.54, 1.807) is 29.2 Å². The van der Waals surface area contributed by atoms with E-state index in [-0.39, 0.29) is 11.8 Å². The molecule has 26 heavy (non-hydrogen) atoms. The summed E-state index contributed by atoms with van der Waals surface area (Å²) in [5.74, 6) is -0.189. The predicted octanol–water partition coefficient (Wildman–Crippen LogP) is 2.04. The molecule has 0 atom stereocenters. The van der Waals surface area contributed by atoms with E-state index in [1.165, 1.54) is 11.0 Å². The van der Waals surface area contributed by atoms with Crippen molar-refractivity contribution in [2.24, 2.45) is 0 Å². The van der Waals surface area contributed by atoms with Crippen molar-refractivity contribution in [3.63, 3.8) is 0 Å². The molecule has 1 fully saturated rings. The number of hydrogen-bond acceptors (Lipinski definition) is 5. The average molecular weight is 348 g/mol. The van der Waals surface area contributed by atoms with Crippen LogP contribution in [0.2, 0.25) is 0 Å². The first kappa shape index (κ1) is 15.9. The van der Waals surface area contributed by atoms with E-state index < -0.39 is 0 Å². The Balaban J connectivity index is 1.60. The first-order valence-electron chi connectivity index (χ1n) is 8.26. The maximum atomic E-state index is 12.7. The molecule has 0 bridgehead atoms. The number of hydrogen-bond donors (Lipinski definition) is 1. The van der Waals surface area contributed by atoms with Crippen molar-refractivity contribution in [3.8, 4) is 5.69 Å². The van der Waals surface area contributed by atoms with Crippen molar-refractivity contribution >= 4 is 23.2 Å². The highest BCUT2D eigenvalue weighted by atomic mass is 16.2. The van der Waals surface area contributed by atoms with Gasteiger partial charge in [-0.25, -0.2) is 4.68 Å². The normalized spacial score (nSPS) is 13.8. The van der Waals surface area contributed by atoms with Gasteiger partial charge in [-0.1, -0.05) is 18.2 Å². The smallest absolute Gasteiger partial charge is 0.255 e. The number of anilines is 2. The zero-order valence-corrected chi connectivity index (χ0v) is 13.9. The molecule has 0 saturated carbocycles. The number of nitrogens with one attached hydrogen (secondary N) is 1. The first-order chi connectivity index (χ1) is 12.7. The Bertz CT molecular complexity index is 954. The zero-order valence-electron chi connectivity index (χ0n) is 13.9.